The first-order chi connectivity index (χ1) is 16.4. The minimum Gasteiger partial charge on any atom is -0.305 e. The number of hydrogen-bond donors (Lipinski definition) is 0. The highest BCUT2D eigenvalue weighted by Crippen LogP contribution is 2.50. The first-order valence-corrected chi connectivity index (χ1v) is 13.6. The van der Waals surface area contributed by atoms with Gasteiger partial charge in [-0.15, -0.1) is 0 Å². The van der Waals surface area contributed by atoms with Gasteiger partial charge in [0.25, 0.3) is 5.91 Å². The maximum Gasteiger partial charge on any atom is 0.275 e. The third kappa shape index (κ3) is 5.47. The maximum absolute atomic E-state index is 14.3. The van der Waals surface area contributed by atoms with Crippen molar-refractivity contribution in [1.29, 1.82) is 0 Å². The van der Waals surface area contributed by atoms with Crippen molar-refractivity contribution in [2.45, 2.75) is 85.4 Å². The first-order valence-electron chi connectivity index (χ1n) is 12.9. The number of halogens is 2. The van der Waals surface area contributed by atoms with E-state index in [1.165, 1.54) is 11.1 Å². The fraction of sp³-hybridized carbons (Fsp3) is 0.533. The summed E-state index contributed by atoms with van der Waals surface area (Å²) in [7, 11) is 0. The van der Waals surface area contributed by atoms with E-state index in [2.05, 4.69) is 70.7 Å². The summed E-state index contributed by atoms with van der Waals surface area (Å²) in [6.45, 7) is 13.5. The van der Waals surface area contributed by atoms with Crippen LogP contribution >= 0.6 is 23.2 Å². The van der Waals surface area contributed by atoms with Crippen molar-refractivity contribution in [3.05, 3.63) is 69.2 Å². The van der Waals surface area contributed by atoms with Crippen LogP contribution in [0.4, 0.5) is 0 Å². The van der Waals surface area contributed by atoms with E-state index in [4.69, 9.17) is 28.2 Å². The standard InChI is InChI=1S/C30H38Cl2N2O/c1-19(2)15-26(21-9-7-20(3)8-10-21)34-28(35)27(22-16-24(31)18-25(32)17-22)33-30(34)13-11-23(12-14-30)29(4,5)6/h7-10,16-19,23,26H,11-15H2,1-6H3. The Labute approximate surface area is 220 Å². The van der Waals surface area contributed by atoms with Crippen molar-refractivity contribution < 1.29 is 4.79 Å². The second-order valence-electron chi connectivity index (χ2n) is 12.0. The Morgan fingerprint density at radius 3 is 2.11 bits per heavy atom. The van der Waals surface area contributed by atoms with Crippen molar-refractivity contribution >= 4 is 34.8 Å². The molecule has 1 heterocycles. The fourth-order valence-corrected chi connectivity index (χ4v) is 6.37. The minimum absolute atomic E-state index is 0.0104. The molecule has 35 heavy (non-hydrogen) atoms. The van der Waals surface area contributed by atoms with Crippen molar-refractivity contribution in [2.75, 3.05) is 0 Å². The summed E-state index contributed by atoms with van der Waals surface area (Å²) in [4.78, 5) is 21.6. The second-order valence-corrected chi connectivity index (χ2v) is 12.8. The molecule has 5 heteroatoms. The van der Waals surface area contributed by atoms with E-state index in [-0.39, 0.29) is 17.4 Å². The summed E-state index contributed by atoms with van der Waals surface area (Å²) >= 11 is 12.7. The van der Waals surface area contributed by atoms with Crippen molar-refractivity contribution in [3.8, 4) is 0 Å². The van der Waals surface area contributed by atoms with Gasteiger partial charge in [-0.1, -0.05) is 87.6 Å². The van der Waals surface area contributed by atoms with Crippen molar-refractivity contribution in [2.24, 2.45) is 22.2 Å². The monoisotopic (exact) mass is 512 g/mol. The highest BCUT2D eigenvalue weighted by molar-refractivity contribution is 6.47. The van der Waals surface area contributed by atoms with Crippen LogP contribution in [-0.4, -0.2) is 22.2 Å². The lowest BCUT2D eigenvalue weighted by Crippen LogP contribution is -2.51. The summed E-state index contributed by atoms with van der Waals surface area (Å²) in [5, 5.41) is 1.04. The van der Waals surface area contributed by atoms with Gasteiger partial charge < -0.3 is 4.90 Å². The molecule has 0 saturated heterocycles. The Kier molecular flexibility index (Phi) is 7.42. The molecule has 0 aromatic heterocycles. The Balaban J connectivity index is 1.81. The predicted octanol–water partition coefficient (Wildman–Crippen LogP) is 8.65. The zero-order chi connectivity index (χ0) is 25.5. The van der Waals surface area contributed by atoms with Gasteiger partial charge in [0.05, 0.1) is 6.04 Å². The summed E-state index contributed by atoms with van der Waals surface area (Å²) in [5.74, 6) is 1.04. The number of aliphatic imine (C=N–C) groups is 1. The molecule has 0 N–H and O–H groups in total. The van der Waals surface area contributed by atoms with Gasteiger partial charge in [0.2, 0.25) is 0 Å². The van der Waals surface area contributed by atoms with Gasteiger partial charge in [-0.2, -0.15) is 0 Å². The molecule has 1 aliphatic heterocycles. The number of rotatable bonds is 5. The van der Waals surface area contributed by atoms with Crippen LogP contribution in [0.15, 0.2) is 47.5 Å². The average Bonchev–Trinajstić information content (AvgIpc) is 3.03. The zero-order valence-electron chi connectivity index (χ0n) is 21.9. The molecule has 1 amide bonds. The van der Waals surface area contributed by atoms with Gasteiger partial charge >= 0.3 is 0 Å². The Hall–Kier alpha value is -1.84. The maximum atomic E-state index is 14.3. The van der Waals surface area contributed by atoms with E-state index in [0.29, 0.717) is 33.2 Å². The summed E-state index contributed by atoms with van der Waals surface area (Å²) in [5.41, 5.74) is 3.30. The van der Waals surface area contributed by atoms with Crippen LogP contribution in [0.5, 0.6) is 0 Å². The Bertz CT molecular complexity index is 1090. The van der Waals surface area contributed by atoms with Crippen LogP contribution < -0.4 is 0 Å². The number of hydrogen-bond acceptors (Lipinski definition) is 2. The molecule has 1 atom stereocenters. The zero-order valence-corrected chi connectivity index (χ0v) is 23.4. The number of carbonyl (C=O) groups excluding carboxylic acids is 1. The molecule has 1 saturated carbocycles. The third-order valence-corrected chi connectivity index (χ3v) is 8.24. The van der Waals surface area contributed by atoms with Gasteiger partial charge in [-0.25, -0.2) is 0 Å². The number of benzene rings is 2. The SMILES string of the molecule is Cc1ccc(C(CC(C)C)N2C(=O)C(c3cc(Cl)cc(Cl)c3)=NC23CCC(C(C)(C)C)CC3)cc1. The van der Waals surface area contributed by atoms with Crippen molar-refractivity contribution in [3.63, 3.8) is 0 Å². The highest BCUT2D eigenvalue weighted by Gasteiger charge is 2.52. The van der Waals surface area contributed by atoms with Crippen LogP contribution in [0.25, 0.3) is 0 Å². The van der Waals surface area contributed by atoms with E-state index >= 15 is 0 Å². The molecule has 1 aliphatic carbocycles. The van der Waals surface area contributed by atoms with Crippen LogP contribution in [0.2, 0.25) is 10.0 Å². The highest BCUT2D eigenvalue weighted by atomic mass is 35.5. The van der Waals surface area contributed by atoms with Gasteiger partial charge in [0.1, 0.15) is 11.4 Å². The second kappa shape index (κ2) is 9.90. The summed E-state index contributed by atoms with van der Waals surface area (Å²) in [6.07, 6.45) is 4.75. The summed E-state index contributed by atoms with van der Waals surface area (Å²) in [6, 6.07) is 13.9. The molecular formula is C30H38Cl2N2O. The van der Waals surface area contributed by atoms with Gasteiger partial charge in [-0.05, 0) is 80.0 Å². The van der Waals surface area contributed by atoms with Gasteiger partial charge in [-0.3, -0.25) is 9.79 Å². The molecule has 4 rings (SSSR count). The molecule has 0 bridgehead atoms. The van der Waals surface area contributed by atoms with E-state index in [1.807, 2.05) is 12.1 Å². The number of carbonyl (C=O) groups is 1. The smallest absolute Gasteiger partial charge is 0.275 e. The third-order valence-electron chi connectivity index (χ3n) is 7.81. The van der Waals surface area contributed by atoms with Crippen molar-refractivity contribution in [1.82, 2.24) is 4.90 Å². The van der Waals surface area contributed by atoms with E-state index in [9.17, 15) is 4.79 Å². The fourth-order valence-electron chi connectivity index (χ4n) is 5.85. The number of nitrogens with zero attached hydrogens (tertiary/aromatic N) is 2. The van der Waals surface area contributed by atoms with Crippen LogP contribution in [0, 0.1) is 24.2 Å². The normalized spacial score (nSPS) is 23.8. The predicted molar refractivity (Wildman–Crippen MR) is 147 cm³/mol. The largest absolute Gasteiger partial charge is 0.305 e. The van der Waals surface area contributed by atoms with Crippen LogP contribution in [0.3, 0.4) is 0 Å². The average molecular weight is 514 g/mol. The molecule has 2 aromatic rings. The molecule has 2 aliphatic rings. The van der Waals surface area contributed by atoms with E-state index in [1.54, 1.807) is 6.07 Å². The molecule has 1 fully saturated rings. The Morgan fingerprint density at radius 2 is 1.60 bits per heavy atom. The molecule has 1 unspecified atom stereocenters. The molecule has 3 nitrogen and oxygen atoms in total. The molecular weight excluding hydrogens is 475 g/mol. The lowest BCUT2D eigenvalue weighted by atomic mass is 9.69. The minimum atomic E-state index is -0.534. The topological polar surface area (TPSA) is 32.7 Å². The number of amides is 1. The Morgan fingerprint density at radius 1 is 1.03 bits per heavy atom. The number of aryl methyl sites for hydroxylation is 1. The van der Waals surface area contributed by atoms with Gasteiger partial charge in [0.15, 0.2) is 0 Å². The lowest BCUT2D eigenvalue weighted by Gasteiger charge is -2.47. The lowest BCUT2D eigenvalue weighted by molar-refractivity contribution is -0.134. The quantitative estimate of drug-likeness (QED) is 0.394. The van der Waals surface area contributed by atoms with Crippen LogP contribution in [-0.2, 0) is 4.79 Å². The molecule has 0 radical (unpaired) electrons. The van der Waals surface area contributed by atoms with E-state index in [0.717, 1.165) is 32.1 Å². The molecule has 188 valence electrons. The van der Waals surface area contributed by atoms with E-state index < -0.39 is 5.66 Å². The molecule has 2 aromatic carbocycles. The van der Waals surface area contributed by atoms with Crippen LogP contribution in [0.1, 0.15) is 89.5 Å². The first kappa shape index (κ1) is 26.2. The van der Waals surface area contributed by atoms with Gasteiger partial charge in [0, 0.05) is 15.6 Å². The summed E-state index contributed by atoms with van der Waals surface area (Å²) < 4.78 is 0. The molecule has 1 spiro atoms.